The number of guanidine groups is 1. The van der Waals surface area contributed by atoms with Crippen molar-refractivity contribution >= 4 is 17.8 Å². The van der Waals surface area contributed by atoms with Crippen molar-refractivity contribution in [3.05, 3.63) is 118 Å². The van der Waals surface area contributed by atoms with Crippen LogP contribution in [0.1, 0.15) is 35.6 Å². The van der Waals surface area contributed by atoms with Gasteiger partial charge >= 0.3 is 0 Å². The van der Waals surface area contributed by atoms with Gasteiger partial charge in [-0.15, -0.1) is 0 Å². The third-order valence-electron chi connectivity index (χ3n) is 5.58. The third-order valence-corrected chi connectivity index (χ3v) is 5.58. The van der Waals surface area contributed by atoms with Gasteiger partial charge in [-0.1, -0.05) is 91.0 Å². The van der Waals surface area contributed by atoms with Crippen molar-refractivity contribution in [2.24, 2.45) is 10.8 Å². The van der Waals surface area contributed by atoms with Gasteiger partial charge < -0.3 is 21.7 Å². The van der Waals surface area contributed by atoms with Gasteiger partial charge in [0.15, 0.2) is 5.03 Å². The molecule has 0 fully saturated rings. The smallest absolute Gasteiger partial charge is 0.266 e. The zero-order valence-corrected chi connectivity index (χ0v) is 20.2. The molecule has 10 nitrogen and oxygen atoms in total. The Bertz CT molecular complexity index is 1150. The topological polar surface area (TPSA) is 152 Å². The molecule has 1 atom stereocenters. The summed E-state index contributed by atoms with van der Waals surface area (Å²) in [7, 11) is 0. The standard InChI is InChI=1S/C27H30N6O4/c28-27(32-33(36)37)29-18-10-17-23(30-24(34)19-20-11-4-1-5-12-20)26(35)31-25(21-13-6-2-7-14-21)22-15-8-3-9-16-22/h1-9,11-16,23,25H,10,17-19H2,(H,30,34)(H,31,35)(H3,28,29,32)/t23-/m1/s1. The maximum absolute atomic E-state index is 13.5. The monoisotopic (exact) mass is 502 g/mol. The van der Waals surface area contributed by atoms with Crippen molar-refractivity contribution in [3.63, 3.8) is 0 Å². The second kappa shape index (κ2) is 14.0. The van der Waals surface area contributed by atoms with Gasteiger partial charge in [-0.25, -0.2) is 10.1 Å². The molecule has 0 spiro atoms. The van der Waals surface area contributed by atoms with Crippen LogP contribution in [0.2, 0.25) is 0 Å². The van der Waals surface area contributed by atoms with Crippen molar-refractivity contribution in [2.45, 2.75) is 31.3 Å². The first-order valence-electron chi connectivity index (χ1n) is 11.9. The molecule has 3 aromatic carbocycles. The van der Waals surface area contributed by atoms with E-state index in [1.165, 1.54) is 0 Å². The largest absolute Gasteiger partial charge is 0.365 e. The van der Waals surface area contributed by atoms with E-state index >= 15 is 0 Å². The molecule has 3 aromatic rings. The van der Waals surface area contributed by atoms with E-state index in [1.807, 2.05) is 91.0 Å². The number of nitro groups is 1. The Morgan fingerprint density at radius 2 is 1.41 bits per heavy atom. The number of carbonyl (C=O) groups is 2. The summed E-state index contributed by atoms with van der Waals surface area (Å²) in [5, 5.41) is 21.1. The molecular formula is C27H30N6O4. The molecule has 0 saturated heterocycles. The van der Waals surface area contributed by atoms with Crippen LogP contribution in [0.3, 0.4) is 0 Å². The van der Waals surface area contributed by atoms with E-state index in [4.69, 9.17) is 5.73 Å². The van der Waals surface area contributed by atoms with Gasteiger partial charge in [-0.2, -0.15) is 0 Å². The number of nitrogens with zero attached hydrogens (tertiary/aromatic N) is 2. The van der Waals surface area contributed by atoms with Crippen molar-refractivity contribution in [3.8, 4) is 0 Å². The van der Waals surface area contributed by atoms with Crippen LogP contribution in [0.5, 0.6) is 0 Å². The van der Waals surface area contributed by atoms with Crippen molar-refractivity contribution in [1.82, 2.24) is 16.0 Å². The van der Waals surface area contributed by atoms with Gasteiger partial charge in [0.1, 0.15) is 11.1 Å². The van der Waals surface area contributed by atoms with Gasteiger partial charge in [0.2, 0.25) is 11.8 Å². The Labute approximate surface area is 215 Å². The highest BCUT2D eigenvalue weighted by atomic mass is 16.7. The lowest BCUT2D eigenvalue weighted by molar-refractivity contribution is -0.485. The summed E-state index contributed by atoms with van der Waals surface area (Å²) in [4.78, 5) is 36.7. The van der Waals surface area contributed by atoms with Gasteiger partial charge in [0.05, 0.1) is 12.5 Å². The minimum atomic E-state index is -0.893. The van der Waals surface area contributed by atoms with E-state index in [0.717, 1.165) is 16.7 Å². The fraction of sp³-hybridized carbons (Fsp3) is 0.222. The number of nitrogens with two attached hydrogens (primary N) is 1. The number of carbonyl (C=O) groups excluding carboxylic acids is 2. The van der Waals surface area contributed by atoms with Crippen molar-refractivity contribution in [2.75, 3.05) is 6.54 Å². The minimum Gasteiger partial charge on any atom is -0.365 e. The number of nitrogens with one attached hydrogen (secondary N) is 3. The first-order valence-corrected chi connectivity index (χ1v) is 11.9. The molecular weight excluding hydrogens is 472 g/mol. The average molecular weight is 503 g/mol. The van der Waals surface area contributed by atoms with Crippen LogP contribution in [0.25, 0.3) is 0 Å². The van der Waals surface area contributed by atoms with Crippen LogP contribution < -0.4 is 21.7 Å². The molecule has 3 rings (SSSR count). The van der Waals surface area contributed by atoms with Crippen LogP contribution in [-0.2, 0) is 16.0 Å². The van der Waals surface area contributed by atoms with Crippen LogP contribution in [0.15, 0.2) is 96.1 Å². The van der Waals surface area contributed by atoms with Crippen molar-refractivity contribution in [1.29, 1.82) is 0 Å². The summed E-state index contributed by atoms with van der Waals surface area (Å²) >= 11 is 0. The van der Waals surface area contributed by atoms with E-state index in [-0.39, 0.29) is 37.2 Å². The molecule has 2 amide bonds. The van der Waals surface area contributed by atoms with Crippen LogP contribution in [0.4, 0.5) is 0 Å². The molecule has 10 heteroatoms. The molecule has 0 aliphatic rings. The van der Waals surface area contributed by atoms with Gasteiger partial charge in [0, 0.05) is 6.54 Å². The van der Waals surface area contributed by atoms with E-state index in [9.17, 15) is 19.7 Å². The van der Waals surface area contributed by atoms with Gasteiger partial charge in [-0.3, -0.25) is 9.59 Å². The summed E-state index contributed by atoms with van der Waals surface area (Å²) in [6, 6.07) is 27.2. The van der Waals surface area contributed by atoms with Crippen LogP contribution in [-0.4, -0.2) is 35.4 Å². The maximum atomic E-state index is 13.5. The second-order valence-electron chi connectivity index (χ2n) is 8.34. The van der Waals surface area contributed by atoms with Gasteiger partial charge in [-0.05, 0) is 29.5 Å². The fourth-order valence-electron chi connectivity index (χ4n) is 3.83. The number of hydrazone groups is 1. The summed E-state index contributed by atoms with van der Waals surface area (Å²) < 4.78 is 0. The van der Waals surface area contributed by atoms with Crippen LogP contribution in [0, 0.1) is 10.1 Å². The number of hydrogen-bond acceptors (Lipinski definition) is 4. The summed E-state index contributed by atoms with van der Waals surface area (Å²) in [5.41, 5.74) is 8.10. The Kier molecular flexibility index (Phi) is 10.2. The molecule has 37 heavy (non-hydrogen) atoms. The van der Waals surface area contributed by atoms with Gasteiger partial charge in [0.25, 0.3) is 5.96 Å². The summed E-state index contributed by atoms with van der Waals surface area (Å²) in [6.45, 7) is 0.238. The maximum Gasteiger partial charge on any atom is 0.266 e. The van der Waals surface area contributed by atoms with Crippen molar-refractivity contribution < 1.29 is 14.6 Å². The zero-order chi connectivity index (χ0) is 26.5. The Morgan fingerprint density at radius 3 is 1.95 bits per heavy atom. The first-order chi connectivity index (χ1) is 17.9. The molecule has 5 N–H and O–H groups in total. The zero-order valence-electron chi connectivity index (χ0n) is 20.2. The Hall–Kier alpha value is -4.73. The molecule has 0 aromatic heterocycles. The minimum absolute atomic E-state index is 0.131. The van der Waals surface area contributed by atoms with E-state index in [2.05, 4.69) is 21.1 Å². The number of hydrogen-bond donors (Lipinski definition) is 4. The highest BCUT2D eigenvalue weighted by Crippen LogP contribution is 2.22. The highest BCUT2D eigenvalue weighted by Gasteiger charge is 2.25. The molecule has 0 saturated carbocycles. The average Bonchev–Trinajstić information content (AvgIpc) is 2.90. The lowest BCUT2D eigenvalue weighted by atomic mass is 9.98. The second-order valence-corrected chi connectivity index (χ2v) is 8.34. The van der Waals surface area contributed by atoms with Crippen LogP contribution >= 0.6 is 0 Å². The Morgan fingerprint density at radius 1 is 0.865 bits per heavy atom. The fourth-order valence-corrected chi connectivity index (χ4v) is 3.83. The number of benzene rings is 3. The highest BCUT2D eigenvalue weighted by molar-refractivity contribution is 5.88. The first kappa shape index (κ1) is 26.9. The quantitative estimate of drug-likeness (QED) is 0.0982. The number of rotatable bonds is 12. The molecule has 0 aliphatic heterocycles. The Balaban J connectivity index is 1.73. The molecule has 0 heterocycles. The third kappa shape index (κ3) is 9.10. The van der Waals surface area contributed by atoms with E-state index in [0.29, 0.717) is 6.42 Å². The molecule has 0 bridgehead atoms. The lowest BCUT2D eigenvalue weighted by Crippen LogP contribution is -2.48. The van der Waals surface area contributed by atoms with E-state index in [1.54, 1.807) is 0 Å². The summed E-state index contributed by atoms with van der Waals surface area (Å²) in [6.07, 6.45) is 0.812. The molecule has 0 aliphatic carbocycles. The molecule has 192 valence electrons. The predicted octanol–water partition coefficient (Wildman–Crippen LogP) is 2.50. The number of amides is 2. The normalized spacial score (nSPS) is 12.0. The summed E-state index contributed by atoms with van der Waals surface area (Å²) in [5.74, 6) is -0.955. The SMILES string of the molecule is N/C(=N/[N+](=O)[O-])NCCC[C@@H](NC(=O)Cc1ccccc1)C(=O)NC(c1ccccc1)c1ccccc1. The lowest BCUT2D eigenvalue weighted by Gasteiger charge is -2.24. The molecule has 0 radical (unpaired) electrons. The predicted molar refractivity (Wildman–Crippen MR) is 141 cm³/mol. The van der Waals surface area contributed by atoms with E-state index < -0.39 is 17.1 Å². The molecule has 0 unspecified atom stereocenters.